The average Bonchev–Trinajstić information content (AvgIpc) is 3.47. The molecule has 0 amide bonds. The van der Waals surface area contributed by atoms with Crippen LogP contribution in [0.2, 0.25) is 0 Å². The van der Waals surface area contributed by atoms with E-state index >= 15 is 0 Å². The zero-order chi connectivity index (χ0) is 32.8. The molecule has 0 atom stereocenters. The second-order valence-electron chi connectivity index (χ2n) is 12.3. The Morgan fingerprint density at radius 2 is 1.25 bits per heavy atom. The molecule has 7 aromatic carbocycles. The highest BCUT2D eigenvalue weighted by atomic mass is 15.0. The third-order valence-corrected chi connectivity index (χ3v) is 9.65. The number of allylic oxidation sites excluding steroid dienone is 6. The highest BCUT2D eigenvalue weighted by Gasteiger charge is 2.18. The Balaban J connectivity index is 1.36. The van der Waals surface area contributed by atoms with E-state index < -0.39 is 0 Å². The van der Waals surface area contributed by atoms with E-state index in [2.05, 4.69) is 158 Å². The zero-order valence-corrected chi connectivity index (χ0v) is 27.2. The van der Waals surface area contributed by atoms with Gasteiger partial charge in [0.1, 0.15) is 0 Å². The van der Waals surface area contributed by atoms with E-state index in [0.717, 1.165) is 27.9 Å². The van der Waals surface area contributed by atoms with Crippen LogP contribution < -0.4 is 5.73 Å². The summed E-state index contributed by atoms with van der Waals surface area (Å²) in [4.78, 5) is 0. The molecule has 0 fully saturated rings. The first-order chi connectivity index (χ1) is 23.6. The van der Waals surface area contributed by atoms with Gasteiger partial charge in [0, 0.05) is 27.7 Å². The van der Waals surface area contributed by atoms with E-state index in [0.29, 0.717) is 0 Å². The second kappa shape index (κ2) is 11.9. The number of hydrogen-bond acceptors (Lipinski definition) is 1. The summed E-state index contributed by atoms with van der Waals surface area (Å²) in [5, 5.41) is 9.76. The lowest BCUT2D eigenvalue weighted by Gasteiger charge is -2.14. The molecule has 0 saturated carbocycles. The number of rotatable bonds is 6. The fraction of sp³-hybridized carbons (Fsp3) is 0.0435. The Kier molecular flexibility index (Phi) is 7.27. The number of nitrogens with two attached hydrogens (primary N) is 1. The van der Waals surface area contributed by atoms with Crippen molar-refractivity contribution in [3.8, 4) is 16.8 Å². The highest BCUT2D eigenvalue weighted by Crippen LogP contribution is 2.40. The molecule has 8 rings (SSSR count). The molecule has 8 aromatic rings. The molecular weight excluding hydrogens is 581 g/mol. The van der Waals surface area contributed by atoms with Crippen LogP contribution in [-0.4, -0.2) is 4.57 Å². The largest absolute Gasteiger partial charge is 0.404 e. The van der Waals surface area contributed by atoms with Crippen LogP contribution in [0, 0.1) is 0 Å². The Bertz CT molecular complexity index is 2660. The summed E-state index contributed by atoms with van der Waals surface area (Å²) in [5.41, 5.74) is 16.5. The van der Waals surface area contributed by atoms with E-state index in [1.54, 1.807) is 6.20 Å². The van der Waals surface area contributed by atoms with Crippen molar-refractivity contribution in [2.24, 2.45) is 5.73 Å². The average molecular weight is 617 g/mol. The quantitative estimate of drug-likeness (QED) is 0.185. The molecule has 0 spiro atoms. The predicted octanol–water partition coefficient (Wildman–Crippen LogP) is 12.4. The topological polar surface area (TPSA) is 30.9 Å². The van der Waals surface area contributed by atoms with E-state index in [1.165, 1.54) is 65.3 Å². The number of nitrogens with zero attached hydrogens (tertiary/aromatic N) is 1. The molecule has 0 saturated heterocycles. The summed E-state index contributed by atoms with van der Waals surface area (Å²) < 4.78 is 2.46. The van der Waals surface area contributed by atoms with E-state index in [1.807, 2.05) is 19.1 Å². The minimum Gasteiger partial charge on any atom is -0.404 e. The molecule has 230 valence electrons. The smallest absolute Gasteiger partial charge is 0.0619 e. The van der Waals surface area contributed by atoms with Gasteiger partial charge in [0.05, 0.1) is 16.7 Å². The lowest BCUT2D eigenvalue weighted by Crippen LogP contribution is -1.97. The van der Waals surface area contributed by atoms with Gasteiger partial charge in [0.2, 0.25) is 0 Å². The van der Waals surface area contributed by atoms with Gasteiger partial charge in [-0.2, -0.15) is 0 Å². The van der Waals surface area contributed by atoms with Gasteiger partial charge < -0.3 is 10.3 Å². The summed E-state index contributed by atoms with van der Waals surface area (Å²) in [6.07, 6.45) is 9.80. The van der Waals surface area contributed by atoms with Crippen LogP contribution in [0.1, 0.15) is 25.0 Å². The Morgan fingerprint density at radius 3 is 2.06 bits per heavy atom. The molecule has 0 aliphatic carbocycles. The molecular formula is C46H36N2. The van der Waals surface area contributed by atoms with Crippen LogP contribution in [-0.2, 0) is 0 Å². The monoisotopic (exact) mass is 616 g/mol. The molecule has 2 N–H and O–H groups in total. The molecule has 0 unspecified atom stereocenters. The standard InChI is InChI=1S/C46H36N2/c1-4-10-39(29-47)37-20-23-42-43-24-21-38-27-36(35-18-17-33-25-32(30(5-2)6-3)15-16-34(33)26-35)19-22-41(38)46(43)48(45(42)28-37)44-14-9-12-31-11-7-8-13-40(31)44/h4-29H,2,47H2,1,3H3/b10-4-,30-6+,39-29+. The van der Waals surface area contributed by atoms with Gasteiger partial charge in [-0.15, -0.1) is 0 Å². The van der Waals surface area contributed by atoms with Crippen LogP contribution in [0.4, 0.5) is 0 Å². The molecule has 48 heavy (non-hydrogen) atoms. The van der Waals surface area contributed by atoms with Gasteiger partial charge in [-0.05, 0) is 99.1 Å². The number of fused-ring (bicyclic) bond motifs is 7. The van der Waals surface area contributed by atoms with Crippen LogP contribution in [0.15, 0.2) is 164 Å². The molecule has 1 aromatic heterocycles. The maximum Gasteiger partial charge on any atom is 0.0619 e. The van der Waals surface area contributed by atoms with Crippen molar-refractivity contribution in [2.45, 2.75) is 13.8 Å². The summed E-state index contributed by atoms with van der Waals surface area (Å²) in [6, 6.07) is 46.8. The van der Waals surface area contributed by atoms with Crippen LogP contribution >= 0.6 is 0 Å². The molecule has 0 bridgehead atoms. The third-order valence-electron chi connectivity index (χ3n) is 9.65. The predicted molar refractivity (Wildman–Crippen MR) is 210 cm³/mol. The first kappa shape index (κ1) is 29.3. The molecule has 2 nitrogen and oxygen atoms in total. The lowest BCUT2D eigenvalue weighted by atomic mass is 9.96. The lowest BCUT2D eigenvalue weighted by molar-refractivity contribution is 1.20. The number of aromatic nitrogens is 1. The summed E-state index contributed by atoms with van der Waals surface area (Å²) in [7, 11) is 0. The van der Waals surface area contributed by atoms with Crippen molar-refractivity contribution in [3.05, 3.63) is 176 Å². The molecule has 2 heteroatoms. The second-order valence-corrected chi connectivity index (χ2v) is 12.3. The summed E-state index contributed by atoms with van der Waals surface area (Å²) in [6.45, 7) is 8.05. The number of hydrogen-bond donors (Lipinski definition) is 1. The van der Waals surface area contributed by atoms with Gasteiger partial charge in [0.15, 0.2) is 0 Å². The van der Waals surface area contributed by atoms with Gasteiger partial charge in [-0.25, -0.2) is 0 Å². The zero-order valence-electron chi connectivity index (χ0n) is 27.2. The van der Waals surface area contributed by atoms with Gasteiger partial charge in [-0.3, -0.25) is 0 Å². The Labute approximate surface area is 281 Å². The van der Waals surface area contributed by atoms with E-state index in [9.17, 15) is 0 Å². The molecule has 0 radical (unpaired) electrons. The minimum absolute atomic E-state index is 0.998. The fourth-order valence-electron chi connectivity index (χ4n) is 7.28. The SMILES string of the molecule is C=C/C(=C\C)c1ccc2cc(-c3ccc4c(ccc5c6ccc(C(/C=C\C)=C/N)cc6n(-c6cccc7ccccc67)c45)c3)ccc2c1. The van der Waals surface area contributed by atoms with Crippen LogP contribution in [0.25, 0.3) is 82.1 Å². The highest BCUT2D eigenvalue weighted by molar-refractivity contribution is 6.20. The van der Waals surface area contributed by atoms with Crippen molar-refractivity contribution in [2.75, 3.05) is 0 Å². The Morgan fingerprint density at radius 1 is 0.583 bits per heavy atom. The van der Waals surface area contributed by atoms with Crippen molar-refractivity contribution in [3.63, 3.8) is 0 Å². The normalized spacial score (nSPS) is 12.7. The third kappa shape index (κ3) is 4.73. The van der Waals surface area contributed by atoms with E-state index in [4.69, 9.17) is 5.73 Å². The summed E-state index contributed by atoms with van der Waals surface area (Å²) >= 11 is 0. The van der Waals surface area contributed by atoms with Crippen molar-refractivity contribution in [1.82, 2.24) is 4.57 Å². The van der Waals surface area contributed by atoms with Crippen molar-refractivity contribution < 1.29 is 0 Å². The fourth-order valence-corrected chi connectivity index (χ4v) is 7.28. The van der Waals surface area contributed by atoms with Gasteiger partial charge in [-0.1, -0.05) is 128 Å². The maximum atomic E-state index is 6.10. The van der Waals surface area contributed by atoms with Gasteiger partial charge >= 0.3 is 0 Å². The Hall–Kier alpha value is -6.12. The maximum absolute atomic E-state index is 6.10. The first-order valence-corrected chi connectivity index (χ1v) is 16.5. The van der Waals surface area contributed by atoms with Crippen LogP contribution in [0.3, 0.4) is 0 Å². The van der Waals surface area contributed by atoms with Crippen molar-refractivity contribution >= 4 is 65.3 Å². The van der Waals surface area contributed by atoms with Crippen molar-refractivity contribution in [1.29, 1.82) is 0 Å². The molecule has 1 heterocycles. The number of benzene rings is 7. The summed E-state index contributed by atoms with van der Waals surface area (Å²) in [5.74, 6) is 0. The minimum atomic E-state index is 0.998. The molecule has 0 aliphatic heterocycles. The van der Waals surface area contributed by atoms with E-state index in [-0.39, 0.29) is 0 Å². The first-order valence-electron chi connectivity index (χ1n) is 16.5. The van der Waals surface area contributed by atoms with Crippen LogP contribution in [0.5, 0.6) is 0 Å². The molecule has 0 aliphatic rings. The van der Waals surface area contributed by atoms with Gasteiger partial charge in [0.25, 0.3) is 0 Å².